The van der Waals surface area contributed by atoms with E-state index in [2.05, 4.69) is 36.0 Å². The zero-order chi connectivity index (χ0) is 12.8. The fourth-order valence-electron chi connectivity index (χ4n) is 1.50. The minimum absolute atomic E-state index is 0.167. The van der Waals surface area contributed by atoms with Crippen LogP contribution in [0.3, 0.4) is 0 Å². The molecule has 0 aliphatic carbocycles. The van der Waals surface area contributed by atoms with E-state index in [1.165, 1.54) is 5.56 Å². The molecule has 0 aliphatic rings. The van der Waals surface area contributed by atoms with Gasteiger partial charge in [-0.25, -0.2) is 0 Å². The van der Waals surface area contributed by atoms with Crippen LogP contribution in [0, 0.1) is 0 Å². The van der Waals surface area contributed by atoms with Gasteiger partial charge in [0.1, 0.15) is 0 Å². The second kappa shape index (κ2) is 6.45. The minimum Gasteiger partial charge on any atom is -0.353 e. The van der Waals surface area contributed by atoms with E-state index in [-0.39, 0.29) is 5.91 Å². The molecule has 1 aromatic heterocycles. The van der Waals surface area contributed by atoms with E-state index in [9.17, 15) is 4.79 Å². The van der Waals surface area contributed by atoms with Crippen LogP contribution in [0.2, 0.25) is 0 Å². The lowest BCUT2D eigenvalue weighted by molar-refractivity contribution is -0.128. The highest BCUT2D eigenvalue weighted by molar-refractivity contribution is 5.75. The van der Waals surface area contributed by atoms with Crippen LogP contribution in [0.25, 0.3) is 0 Å². The van der Waals surface area contributed by atoms with Crippen molar-refractivity contribution in [1.82, 2.24) is 14.8 Å². The molecule has 1 N–H and O–H groups in total. The zero-order valence-corrected chi connectivity index (χ0v) is 11.2. The molecule has 0 aromatic carbocycles. The van der Waals surface area contributed by atoms with E-state index >= 15 is 0 Å². The Morgan fingerprint density at radius 1 is 1.47 bits per heavy atom. The zero-order valence-electron chi connectivity index (χ0n) is 11.2. The lowest BCUT2D eigenvalue weighted by atomic mass is 10.3. The predicted octanol–water partition coefficient (Wildman–Crippen LogP) is 1.46. The molecule has 0 spiro atoms. The Kier molecular flexibility index (Phi) is 5.22. The monoisotopic (exact) mass is 237 g/mol. The number of rotatable bonds is 6. The summed E-state index contributed by atoms with van der Waals surface area (Å²) in [5.74, 6) is 0.167. The fraction of sp³-hybridized carbons (Fsp3) is 0.615. The summed E-state index contributed by atoms with van der Waals surface area (Å²) in [7, 11) is 3.58. The van der Waals surface area contributed by atoms with Crippen LogP contribution in [0.15, 0.2) is 18.5 Å². The third-order valence-corrected chi connectivity index (χ3v) is 2.61. The SMILES string of the molecule is CC(C)NCc1ccn(CCC(=O)N(C)C)c1. The third kappa shape index (κ3) is 5.04. The number of nitrogens with zero attached hydrogens (tertiary/aromatic N) is 2. The van der Waals surface area contributed by atoms with E-state index in [4.69, 9.17) is 0 Å². The van der Waals surface area contributed by atoms with Gasteiger partial charge >= 0.3 is 0 Å². The highest BCUT2D eigenvalue weighted by atomic mass is 16.2. The topological polar surface area (TPSA) is 37.3 Å². The second-order valence-corrected chi connectivity index (χ2v) is 4.83. The number of carbonyl (C=O) groups is 1. The van der Waals surface area contributed by atoms with E-state index in [1.54, 1.807) is 19.0 Å². The summed E-state index contributed by atoms with van der Waals surface area (Å²) >= 11 is 0. The van der Waals surface area contributed by atoms with E-state index in [1.807, 2.05) is 6.20 Å². The van der Waals surface area contributed by atoms with Crippen LogP contribution in [0.1, 0.15) is 25.8 Å². The van der Waals surface area contributed by atoms with Crippen molar-refractivity contribution in [3.8, 4) is 0 Å². The Bertz CT molecular complexity index is 355. The van der Waals surface area contributed by atoms with Gasteiger partial charge in [0.05, 0.1) is 0 Å². The first-order valence-electron chi connectivity index (χ1n) is 6.07. The van der Waals surface area contributed by atoms with Crippen molar-refractivity contribution in [1.29, 1.82) is 0 Å². The summed E-state index contributed by atoms with van der Waals surface area (Å²) in [6, 6.07) is 2.59. The molecule has 1 amide bonds. The number of hydrogen-bond acceptors (Lipinski definition) is 2. The third-order valence-electron chi connectivity index (χ3n) is 2.61. The molecule has 0 unspecified atom stereocenters. The van der Waals surface area contributed by atoms with Gasteiger partial charge in [-0.1, -0.05) is 13.8 Å². The smallest absolute Gasteiger partial charge is 0.223 e. The molecule has 96 valence electrons. The molecule has 0 saturated carbocycles. The number of nitrogens with one attached hydrogen (secondary N) is 1. The quantitative estimate of drug-likeness (QED) is 0.813. The number of carbonyl (C=O) groups excluding carboxylic acids is 1. The molecule has 1 heterocycles. The van der Waals surface area contributed by atoms with Crippen molar-refractivity contribution in [3.63, 3.8) is 0 Å². The number of aryl methyl sites for hydroxylation is 1. The Balaban J connectivity index is 2.38. The fourth-order valence-corrected chi connectivity index (χ4v) is 1.50. The van der Waals surface area contributed by atoms with E-state index < -0.39 is 0 Å². The maximum atomic E-state index is 11.4. The van der Waals surface area contributed by atoms with Gasteiger partial charge in [-0.15, -0.1) is 0 Å². The predicted molar refractivity (Wildman–Crippen MR) is 69.7 cm³/mol. The molecule has 4 nitrogen and oxygen atoms in total. The maximum Gasteiger partial charge on any atom is 0.223 e. The van der Waals surface area contributed by atoms with Crippen LogP contribution in [-0.2, 0) is 17.9 Å². The molecule has 0 atom stereocenters. The number of aromatic nitrogens is 1. The molecular weight excluding hydrogens is 214 g/mol. The average molecular weight is 237 g/mol. The molecule has 1 rings (SSSR count). The first kappa shape index (κ1) is 13.8. The normalized spacial score (nSPS) is 10.9. The van der Waals surface area contributed by atoms with E-state index in [0.717, 1.165) is 13.1 Å². The van der Waals surface area contributed by atoms with Crippen molar-refractivity contribution in [2.24, 2.45) is 0 Å². The van der Waals surface area contributed by atoms with Crippen molar-refractivity contribution in [2.75, 3.05) is 14.1 Å². The molecule has 1 aromatic rings. The maximum absolute atomic E-state index is 11.4. The minimum atomic E-state index is 0.167. The molecule has 0 aliphatic heterocycles. The molecule has 4 heteroatoms. The van der Waals surface area contributed by atoms with Crippen molar-refractivity contribution in [3.05, 3.63) is 24.0 Å². The lowest BCUT2D eigenvalue weighted by Crippen LogP contribution is -2.22. The van der Waals surface area contributed by atoms with Gasteiger partial charge in [0.2, 0.25) is 5.91 Å². The molecule has 17 heavy (non-hydrogen) atoms. The van der Waals surface area contributed by atoms with Crippen molar-refractivity contribution >= 4 is 5.91 Å². The molecular formula is C13H23N3O. The van der Waals surface area contributed by atoms with Gasteiger partial charge in [0.25, 0.3) is 0 Å². The number of hydrogen-bond donors (Lipinski definition) is 1. The summed E-state index contributed by atoms with van der Waals surface area (Å²) in [4.78, 5) is 13.1. The molecule has 0 bridgehead atoms. The van der Waals surface area contributed by atoms with Crippen molar-refractivity contribution in [2.45, 2.75) is 39.4 Å². The van der Waals surface area contributed by atoms with E-state index in [0.29, 0.717) is 12.5 Å². The van der Waals surface area contributed by atoms with Gasteiger partial charge in [0.15, 0.2) is 0 Å². The largest absolute Gasteiger partial charge is 0.353 e. The van der Waals surface area contributed by atoms with Gasteiger partial charge in [-0.3, -0.25) is 4.79 Å². The van der Waals surface area contributed by atoms with Crippen LogP contribution in [-0.4, -0.2) is 35.5 Å². The van der Waals surface area contributed by atoms with Gasteiger partial charge in [0, 0.05) is 52.0 Å². The Morgan fingerprint density at radius 2 is 2.18 bits per heavy atom. The van der Waals surface area contributed by atoms with Crippen LogP contribution < -0.4 is 5.32 Å². The van der Waals surface area contributed by atoms with Crippen LogP contribution in [0.5, 0.6) is 0 Å². The molecule has 0 saturated heterocycles. The average Bonchev–Trinajstić information content (AvgIpc) is 2.70. The summed E-state index contributed by atoms with van der Waals surface area (Å²) < 4.78 is 2.07. The first-order valence-corrected chi connectivity index (χ1v) is 6.07. The van der Waals surface area contributed by atoms with Gasteiger partial charge < -0.3 is 14.8 Å². The number of amides is 1. The van der Waals surface area contributed by atoms with Crippen LogP contribution in [0.4, 0.5) is 0 Å². The highest BCUT2D eigenvalue weighted by Crippen LogP contribution is 2.03. The Hall–Kier alpha value is -1.29. The first-order chi connectivity index (χ1) is 7.99. The summed E-state index contributed by atoms with van der Waals surface area (Å²) in [5.41, 5.74) is 1.26. The second-order valence-electron chi connectivity index (χ2n) is 4.83. The standard InChI is InChI=1S/C13H23N3O/c1-11(2)14-9-12-5-7-16(10-12)8-6-13(17)15(3)4/h5,7,10-11,14H,6,8-9H2,1-4H3. The summed E-state index contributed by atoms with van der Waals surface area (Å²) in [6.07, 6.45) is 4.68. The van der Waals surface area contributed by atoms with Crippen molar-refractivity contribution < 1.29 is 4.79 Å². The summed E-state index contributed by atoms with van der Waals surface area (Å²) in [6.45, 7) is 5.89. The Morgan fingerprint density at radius 3 is 2.76 bits per heavy atom. The van der Waals surface area contributed by atoms with Gasteiger partial charge in [-0.2, -0.15) is 0 Å². The lowest BCUT2D eigenvalue weighted by Gasteiger charge is -2.10. The van der Waals surface area contributed by atoms with Crippen LogP contribution >= 0.6 is 0 Å². The summed E-state index contributed by atoms with van der Waals surface area (Å²) in [5, 5.41) is 3.37. The van der Waals surface area contributed by atoms with Gasteiger partial charge in [-0.05, 0) is 11.6 Å². The Labute approximate surface area is 104 Å². The highest BCUT2D eigenvalue weighted by Gasteiger charge is 2.04. The molecule has 0 radical (unpaired) electrons. The molecule has 0 fully saturated rings.